The lowest BCUT2D eigenvalue weighted by atomic mass is 10.1. The van der Waals surface area contributed by atoms with Gasteiger partial charge in [-0.15, -0.1) is 0 Å². The summed E-state index contributed by atoms with van der Waals surface area (Å²) in [5, 5.41) is 9.57. The first-order valence-electron chi connectivity index (χ1n) is 11.3. The lowest BCUT2D eigenvalue weighted by molar-refractivity contribution is -0.136. The molecule has 0 saturated carbocycles. The van der Waals surface area contributed by atoms with Crippen molar-refractivity contribution in [1.82, 2.24) is 5.43 Å². The van der Waals surface area contributed by atoms with Crippen LogP contribution in [0.4, 0.5) is 11.4 Å². The third-order valence-corrected chi connectivity index (χ3v) is 5.64. The maximum atomic E-state index is 12.3. The molecule has 0 atom stereocenters. The molecule has 0 saturated heterocycles. The molecule has 0 bridgehead atoms. The van der Waals surface area contributed by atoms with E-state index in [1.807, 2.05) is 44.2 Å². The zero-order valence-electron chi connectivity index (χ0n) is 20.2. The number of benzene rings is 3. The lowest BCUT2D eigenvalue weighted by Gasteiger charge is -2.11. The summed E-state index contributed by atoms with van der Waals surface area (Å²) in [4.78, 5) is 36.7. The van der Waals surface area contributed by atoms with Gasteiger partial charge in [-0.1, -0.05) is 42.8 Å². The van der Waals surface area contributed by atoms with E-state index in [1.54, 1.807) is 30.3 Å². The first kappa shape index (κ1) is 26.4. The van der Waals surface area contributed by atoms with Crippen LogP contribution in [-0.2, 0) is 20.8 Å². The van der Waals surface area contributed by atoms with E-state index in [1.165, 1.54) is 11.8 Å². The predicted molar refractivity (Wildman–Crippen MR) is 142 cm³/mol. The zero-order chi connectivity index (χ0) is 26.1. The molecule has 0 aromatic heterocycles. The minimum atomic E-state index is -0.940. The average Bonchev–Trinajstić information content (AvgIpc) is 2.86. The molecule has 0 heterocycles. The highest BCUT2D eigenvalue weighted by atomic mass is 35.5. The third-order valence-electron chi connectivity index (χ3n) is 5.41. The largest absolute Gasteiger partial charge is 0.483 e. The summed E-state index contributed by atoms with van der Waals surface area (Å²) in [5.74, 6) is -1.81. The number of hydrogen-bond donors (Lipinski definition) is 3. The maximum Gasteiger partial charge on any atom is 0.329 e. The molecule has 0 aliphatic heterocycles. The number of rotatable bonds is 8. The Morgan fingerprint density at radius 3 is 2.44 bits per heavy atom. The van der Waals surface area contributed by atoms with E-state index in [4.69, 9.17) is 16.3 Å². The Labute approximate surface area is 214 Å². The van der Waals surface area contributed by atoms with E-state index < -0.39 is 11.8 Å². The van der Waals surface area contributed by atoms with Crippen molar-refractivity contribution in [3.8, 4) is 5.75 Å². The van der Waals surface area contributed by atoms with Crippen LogP contribution >= 0.6 is 11.6 Å². The zero-order valence-corrected chi connectivity index (χ0v) is 21.0. The molecule has 36 heavy (non-hydrogen) atoms. The highest BCUT2D eigenvalue weighted by Crippen LogP contribution is 2.22. The van der Waals surface area contributed by atoms with Crippen LogP contribution in [0.3, 0.4) is 0 Å². The number of nitrogens with one attached hydrogen (secondary N) is 3. The van der Waals surface area contributed by atoms with Crippen molar-refractivity contribution in [2.24, 2.45) is 5.10 Å². The van der Waals surface area contributed by atoms with Crippen LogP contribution in [-0.4, -0.2) is 30.5 Å². The molecule has 186 valence electrons. The van der Waals surface area contributed by atoms with Crippen LogP contribution < -0.4 is 20.8 Å². The minimum absolute atomic E-state index is 0.247. The molecule has 3 amide bonds. The summed E-state index contributed by atoms with van der Waals surface area (Å²) in [6.45, 7) is 5.57. The van der Waals surface area contributed by atoms with Gasteiger partial charge in [0.1, 0.15) is 5.75 Å². The number of hydrogen-bond acceptors (Lipinski definition) is 5. The molecule has 3 aromatic carbocycles. The quantitative estimate of drug-likeness (QED) is 0.235. The normalized spacial score (nSPS) is 10.7. The number of carbonyl (C=O) groups is 3. The summed E-state index contributed by atoms with van der Waals surface area (Å²) >= 11 is 6.07. The van der Waals surface area contributed by atoms with Gasteiger partial charge in [-0.25, -0.2) is 5.43 Å². The molecular weight excluding hydrogens is 480 g/mol. The molecule has 0 aliphatic rings. The van der Waals surface area contributed by atoms with E-state index in [2.05, 4.69) is 28.1 Å². The first-order valence-corrected chi connectivity index (χ1v) is 11.7. The minimum Gasteiger partial charge on any atom is -0.483 e. The van der Waals surface area contributed by atoms with E-state index in [9.17, 15) is 14.4 Å². The molecule has 0 aliphatic carbocycles. The van der Waals surface area contributed by atoms with Crippen molar-refractivity contribution in [3.05, 3.63) is 87.9 Å². The topological polar surface area (TPSA) is 109 Å². The first-order chi connectivity index (χ1) is 17.3. The fourth-order valence-corrected chi connectivity index (χ4v) is 3.37. The summed E-state index contributed by atoms with van der Waals surface area (Å²) in [7, 11) is 0. The number of amides is 3. The van der Waals surface area contributed by atoms with Crippen LogP contribution in [0.1, 0.15) is 29.2 Å². The highest BCUT2D eigenvalue weighted by Gasteiger charge is 2.14. The molecule has 3 rings (SSSR count). The second-order valence-electron chi connectivity index (χ2n) is 7.97. The van der Waals surface area contributed by atoms with Gasteiger partial charge in [0.25, 0.3) is 5.91 Å². The molecular formula is C27H27ClN4O4. The van der Waals surface area contributed by atoms with Gasteiger partial charge in [-0.2, -0.15) is 5.10 Å². The molecule has 0 spiro atoms. The van der Waals surface area contributed by atoms with Gasteiger partial charge in [0.2, 0.25) is 0 Å². The van der Waals surface area contributed by atoms with Crippen LogP contribution in [0.15, 0.2) is 65.8 Å². The second kappa shape index (κ2) is 12.5. The SMILES string of the molecule is CCc1ccc(NC(=O)COc2ccc(Cl)cc2/C=N\NC(=O)C(=O)Nc2cccc(C)c2C)cc1. The van der Waals surface area contributed by atoms with Crippen molar-refractivity contribution in [2.75, 3.05) is 17.2 Å². The number of ether oxygens (including phenoxy) is 1. The van der Waals surface area contributed by atoms with Gasteiger partial charge < -0.3 is 15.4 Å². The Kier molecular flexibility index (Phi) is 9.19. The van der Waals surface area contributed by atoms with Gasteiger partial charge in [0.15, 0.2) is 6.61 Å². The van der Waals surface area contributed by atoms with Crippen molar-refractivity contribution in [2.45, 2.75) is 27.2 Å². The second-order valence-corrected chi connectivity index (χ2v) is 8.41. The number of hydrazone groups is 1. The highest BCUT2D eigenvalue weighted by molar-refractivity contribution is 6.39. The average molecular weight is 507 g/mol. The van der Waals surface area contributed by atoms with E-state index >= 15 is 0 Å². The van der Waals surface area contributed by atoms with Crippen molar-refractivity contribution < 1.29 is 19.1 Å². The van der Waals surface area contributed by atoms with Crippen molar-refractivity contribution in [1.29, 1.82) is 0 Å². The fraction of sp³-hybridized carbons (Fsp3) is 0.185. The van der Waals surface area contributed by atoms with Gasteiger partial charge in [0.05, 0.1) is 6.21 Å². The number of aryl methyl sites for hydroxylation is 2. The van der Waals surface area contributed by atoms with Crippen molar-refractivity contribution >= 4 is 46.9 Å². The summed E-state index contributed by atoms with van der Waals surface area (Å²) in [6.07, 6.45) is 2.20. The maximum absolute atomic E-state index is 12.3. The Hall–Kier alpha value is -4.17. The van der Waals surface area contributed by atoms with E-state index in [-0.39, 0.29) is 12.5 Å². The van der Waals surface area contributed by atoms with Crippen LogP contribution in [0.2, 0.25) is 5.02 Å². The number of anilines is 2. The van der Waals surface area contributed by atoms with Gasteiger partial charge >= 0.3 is 11.8 Å². The Bertz CT molecular complexity index is 1290. The van der Waals surface area contributed by atoms with Gasteiger partial charge in [-0.3, -0.25) is 14.4 Å². The molecule has 8 nitrogen and oxygen atoms in total. The summed E-state index contributed by atoms with van der Waals surface area (Å²) in [6, 6.07) is 17.7. The van der Waals surface area contributed by atoms with Crippen LogP contribution in [0.5, 0.6) is 5.75 Å². The summed E-state index contributed by atoms with van der Waals surface area (Å²) < 4.78 is 5.63. The fourth-order valence-electron chi connectivity index (χ4n) is 3.19. The monoisotopic (exact) mass is 506 g/mol. The lowest BCUT2D eigenvalue weighted by Crippen LogP contribution is -2.32. The third kappa shape index (κ3) is 7.41. The molecule has 3 N–H and O–H groups in total. The Morgan fingerprint density at radius 1 is 0.972 bits per heavy atom. The molecule has 0 radical (unpaired) electrons. The molecule has 3 aromatic rings. The van der Waals surface area contributed by atoms with Gasteiger partial charge in [-0.05, 0) is 73.4 Å². The van der Waals surface area contributed by atoms with Crippen molar-refractivity contribution in [3.63, 3.8) is 0 Å². The molecule has 0 unspecified atom stereocenters. The molecule has 0 fully saturated rings. The Balaban J connectivity index is 1.58. The van der Waals surface area contributed by atoms with E-state index in [0.29, 0.717) is 27.7 Å². The van der Waals surface area contributed by atoms with Crippen LogP contribution in [0.25, 0.3) is 0 Å². The smallest absolute Gasteiger partial charge is 0.329 e. The Morgan fingerprint density at radius 2 is 1.72 bits per heavy atom. The number of carbonyl (C=O) groups excluding carboxylic acids is 3. The molecule has 9 heteroatoms. The van der Waals surface area contributed by atoms with Gasteiger partial charge in [0, 0.05) is 22.0 Å². The summed E-state index contributed by atoms with van der Waals surface area (Å²) in [5.41, 5.74) is 6.83. The van der Waals surface area contributed by atoms with E-state index in [0.717, 1.165) is 17.5 Å². The predicted octanol–water partition coefficient (Wildman–Crippen LogP) is 4.63. The van der Waals surface area contributed by atoms with Crippen LogP contribution in [0, 0.1) is 13.8 Å². The number of nitrogens with zero attached hydrogens (tertiary/aromatic N) is 1. The number of halogens is 1. The standard InChI is InChI=1S/C27H27ClN4O4/c1-4-19-8-11-22(12-9-19)30-25(33)16-36-24-13-10-21(28)14-20(24)15-29-32-27(35)26(34)31-23-7-5-6-17(2)18(23)3/h5-15H,4,16H2,1-3H3,(H,30,33)(H,31,34)(H,32,35)/b29-15-.